The molecule has 2 fully saturated rings. The topological polar surface area (TPSA) is 92.2 Å². The second-order valence-corrected chi connectivity index (χ2v) is 11.1. The van der Waals surface area contributed by atoms with Crippen molar-refractivity contribution in [2.75, 3.05) is 18.4 Å². The molecule has 2 amide bonds. The van der Waals surface area contributed by atoms with Gasteiger partial charge in [0.25, 0.3) is 5.91 Å². The van der Waals surface area contributed by atoms with Crippen LogP contribution in [0.1, 0.15) is 46.9 Å². The number of fused-ring (bicyclic) bond motifs is 1. The summed E-state index contributed by atoms with van der Waals surface area (Å²) in [5, 5.41) is 9.39. The number of carbonyl (C=O) groups excluding carboxylic acids is 2. The fraction of sp³-hybridized carbons (Fsp3) is 0.462. The third-order valence-electron chi connectivity index (χ3n) is 7.08. The van der Waals surface area contributed by atoms with E-state index in [9.17, 15) is 49.1 Å². The quantitative estimate of drug-likeness (QED) is 0.322. The molecular weight excluding hydrogens is 635 g/mol. The summed E-state index contributed by atoms with van der Waals surface area (Å²) >= 11 is 6.02. The molecule has 2 atom stereocenters. The molecule has 238 valence electrons. The average molecular weight is 657 g/mol. The number of benzene rings is 1. The number of hydrogen-bond donors (Lipinski definition) is 2. The van der Waals surface area contributed by atoms with E-state index in [0.29, 0.717) is 28.5 Å². The highest BCUT2D eigenvalue weighted by molar-refractivity contribution is 6.31. The highest BCUT2D eigenvalue weighted by atomic mass is 35.5. The summed E-state index contributed by atoms with van der Waals surface area (Å²) in [7, 11) is 0. The third-order valence-corrected chi connectivity index (χ3v) is 7.31. The van der Waals surface area contributed by atoms with Crippen LogP contribution in [0.3, 0.4) is 0 Å². The van der Waals surface area contributed by atoms with Gasteiger partial charge in [-0.3, -0.25) is 14.3 Å². The first-order valence-electron chi connectivity index (χ1n) is 13.1. The number of rotatable bonds is 6. The molecule has 3 heterocycles. The predicted octanol–water partition coefficient (Wildman–Crippen LogP) is 5.92. The number of anilines is 1. The molecule has 2 N–H and O–H groups in total. The summed E-state index contributed by atoms with van der Waals surface area (Å²) in [6.45, 7) is -2.67. The molecule has 2 aliphatic rings. The Morgan fingerprint density at radius 2 is 1.66 bits per heavy atom. The van der Waals surface area contributed by atoms with Gasteiger partial charge in [-0.1, -0.05) is 11.6 Å². The number of pyridine rings is 1. The maximum atomic E-state index is 13.6. The highest BCUT2D eigenvalue weighted by Gasteiger charge is 2.46. The van der Waals surface area contributed by atoms with Gasteiger partial charge in [-0.2, -0.15) is 44.6 Å². The van der Waals surface area contributed by atoms with Gasteiger partial charge >= 0.3 is 24.4 Å². The van der Waals surface area contributed by atoms with E-state index in [-0.39, 0.29) is 45.2 Å². The van der Waals surface area contributed by atoms with Crippen LogP contribution in [-0.4, -0.2) is 69.0 Å². The number of alkyl halides is 9. The van der Waals surface area contributed by atoms with Crippen molar-refractivity contribution in [2.24, 2.45) is 0 Å². The molecule has 5 rings (SSSR count). The fourth-order valence-corrected chi connectivity index (χ4v) is 5.31. The van der Waals surface area contributed by atoms with E-state index in [2.05, 4.69) is 20.7 Å². The molecule has 44 heavy (non-hydrogen) atoms. The predicted molar refractivity (Wildman–Crippen MR) is 138 cm³/mol. The zero-order valence-corrected chi connectivity index (χ0v) is 23.0. The van der Waals surface area contributed by atoms with Crippen LogP contribution in [-0.2, 0) is 17.5 Å². The maximum Gasteiger partial charge on any atom is 0.471 e. The Morgan fingerprint density at radius 3 is 2.27 bits per heavy atom. The molecular formula is C26H22ClF9N6O2. The van der Waals surface area contributed by atoms with Crippen molar-refractivity contribution in [2.45, 2.75) is 62.3 Å². The Labute approximate surface area is 247 Å². The maximum absolute atomic E-state index is 13.6. The summed E-state index contributed by atoms with van der Waals surface area (Å²) in [4.78, 5) is 29.4. The summed E-state index contributed by atoms with van der Waals surface area (Å²) in [6, 6.07) is 2.24. The number of nitrogens with one attached hydrogen (secondary N) is 2. The van der Waals surface area contributed by atoms with E-state index in [1.165, 1.54) is 18.2 Å². The number of hydrogen-bond acceptors (Lipinski definition) is 5. The normalized spacial score (nSPS) is 19.7. The Kier molecular flexibility index (Phi) is 8.13. The molecule has 8 nitrogen and oxygen atoms in total. The molecule has 1 aliphatic carbocycles. The van der Waals surface area contributed by atoms with Crippen LogP contribution in [0.2, 0.25) is 5.02 Å². The SMILES string of the molecule is O=C(N[C@H]1C[C@@H](Nc2cc(C(F)(F)F)nc3ccc(Cl)cc23)CN(C(=O)C(F)(F)F)C1)c1cn(CC(F)(F)F)nc1C1CC1. The summed E-state index contributed by atoms with van der Waals surface area (Å²) in [6.07, 6.45) is -12.9. The average Bonchev–Trinajstić information content (AvgIpc) is 3.66. The summed E-state index contributed by atoms with van der Waals surface area (Å²) in [5.41, 5.74) is -1.66. The van der Waals surface area contributed by atoms with Crippen molar-refractivity contribution in [3.8, 4) is 0 Å². The minimum absolute atomic E-state index is 0.111. The van der Waals surface area contributed by atoms with Gasteiger partial charge in [0, 0.05) is 53.4 Å². The fourth-order valence-electron chi connectivity index (χ4n) is 5.13. The van der Waals surface area contributed by atoms with Gasteiger partial charge in [0.05, 0.1) is 16.8 Å². The van der Waals surface area contributed by atoms with Gasteiger partial charge in [-0.15, -0.1) is 0 Å². The van der Waals surface area contributed by atoms with Crippen molar-refractivity contribution < 1.29 is 49.1 Å². The van der Waals surface area contributed by atoms with Gasteiger partial charge in [-0.05, 0) is 43.5 Å². The smallest absolute Gasteiger partial charge is 0.380 e. The first kappa shape index (κ1) is 31.7. The number of carbonyl (C=O) groups is 2. The Bertz CT molecular complexity index is 1580. The van der Waals surface area contributed by atoms with E-state index >= 15 is 0 Å². The molecule has 1 saturated carbocycles. The van der Waals surface area contributed by atoms with Crippen LogP contribution in [0.15, 0.2) is 30.5 Å². The zero-order chi connectivity index (χ0) is 32.2. The highest BCUT2D eigenvalue weighted by Crippen LogP contribution is 2.41. The lowest BCUT2D eigenvalue weighted by molar-refractivity contribution is -0.186. The third kappa shape index (κ3) is 7.30. The van der Waals surface area contributed by atoms with E-state index in [0.717, 1.165) is 6.20 Å². The van der Waals surface area contributed by atoms with Crippen LogP contribution in [0.5, 0.6) is 0 Å². The molecule has 3 aromatic rings. The summed E-state index contributed by atoms with van der Waals surface area (Å²) < 4.78 is 120. The lowest BCUT2D eigenvalue weighted by atomic mass is 9.99. The number of halogens is 10. The van der Waals surface area contributed by atoms with Crippen molar-refractivity contribution in [3.05, 3.63) is 52.4 Å². The Balaban J connectivity index is 1.44. The molecule has 1 saturated heterocycles. The second-order valence-electron chi connectivity index (χ2n) is 10.7. The van der Waals surface area contributed by atoms with E-state index in [1.54, 1.807) is 0 Å². The van der Waals surface area contributed by atoms with Crippen LogP contribution >= 0.6 is 11.6 Å². The lowest BCUT2D eigenvalue weighted by Crippen LogP contribution is -2.58. The number of nitrogens with zero attached hydrogens (tertiary/aromatic N) is 4. The van der Waals surface area contributed by atoms with Crippen molar-refractivity contribution >= 4 is 40.0 Å². The molecule has 0 bridgehead atoms. The second kappa shape index (κ2) is 11.3. The lowest BCUT2D eigenvalue weighted by Gasteiger charge is -2.39. The number of amides is 2. The molecule has 0 unspecified atom stereocenters. The van der Waals surface area contributed by atoms with Gasteiger partial charge < -0.3 is 15.5 Å². The van der Waals surface area contributed by atoms with Crippen LogP contribution in [0, 0.1) is 0 Å². The van der Waals surface area contributed by atoms with Gasteiger partial charge in [0.2, 0.25) is 0 Å². The molecule has 2 aromatic heterocycles. The van der Waals surface area contributed by atoms with Gasteiger partial charge in [0.1, 0.15) is 12.2 Å². The van der Waals surface area contributed by atoms with Crippen LogP contribution in [0.25, 0.3) is 10.9 Å². The number of aromatic nitrogens is 3. The van der Waals surface area contributed by atoms with Gasteiger partial charge in [-0.25, -0.2) is 4.98 Å². The molecule has 0 spiro atoms. The standard InChI is InChI=1S/C26H22ClF9N6O2/c27-13-3-4-18-16(5-13)19(7-20(39-18)25(31,32)33)37-14-6-15(9-41(8-14)23(44)26(34,35)36)38-22(43)17-10-42(11-24(28,29)30)40-21(17)12-1-2-12/h3-5,7,10,12,14-15H,1-2,6,8-9,11H2,(H,37,39)(H,38,43)/t14-,15+/m1/s1. The Hall–Kier alpha value is -3.76. The van der Waals surface area contributed by atoms with E-state index in [4.69, 9.17) is 11.6 Å². The number of piperidine rings is 1. The van der Waals surface area contributed by atoms with Crippen LogP contribution in [0.4, 0.5) is 45.2 Å². The first-order valence-corrected chi connectivity index (χ1v) is 13.5. The molecule has 1 aromatic carbocycles. The zero-order valence-electron chi connectivity index (χ0n) is 22.2. The van der Waals surface area contributed by atoms with Gasteiger partial charge in [0.15, 0.2) is 0 Å². The summed E-state index contributed by atoms with van der Waals surface area (Å²) in [5.74, 6) is -3.41. The minimum Gasteiger partial charge on any atom is -0.380 e. The molecule has 18 heteroatoms. The van der Waals surface area contributed by atoms with E-state index in [1.807, 2.05) is 0 Å². The largest absolute Gasteiger partial charge is 0.471 e. The van der Waals surface area contributed by atoms with Crippen molar-refractivity contribution in [1.29, 1.82) is 0 Å². The monoisotopic (exact) mass is 656 g/mol. The van der Waals surface area contributed by atoms with E-state index < -0.39 is 67.8 Å². The molecule has 1 aliphatic heterocycles. The van der Waals surface area contributed by atoms with Crippen molar-refractivity contribution in [1.82, 2.24) is 25.0 Å². The number of likely N-dealkylation sites (tertiary alicyclic amines) is 1. The minimum atomic E-state index is -5.30. The molecule has 0 radical (unpaired) electrons. The Morgan fingerprint density at radius 1 is 0.977 bits per heavy atom. The van der Waals surface area contributed by atoms with Crippen LogP contribution < -0.4 is 10.6 Å². The first-order chi connectivity index (χ1) is 20.4. The van der Waals surface area contributed by atoms with Crippen molar-refractivity contribution in [3.63, 3.8) is 0 Å².